The van der Waals surface area contributed by atoms with E-state index in [1.54, 1.807) is 11.8 Å². The van der Waals surface area contributed by atoms with Gasteiger partial charge in [0.1, 0.15) is 11.6 Å². The summed E-state index contributed by atoms with van der Waals surface area (Å²) in [7, 11) is 1.58. The van der Waals surface area contributed by atoms with Crippen molar-refractivity contribution >= 4 is 15.9 Å². The fourth-order valence-electron chi connectivity index (χ4n) is 3.78. The van der Waals surface area contributed by atoms with Gasteiger partial charge in [-0.1, -0.05) is 18.2 Å². The van der Waals surface area contributed by atoms with E-state index in [0.717, 1.165) is 27.0 Å². The van der Waals surface area contributed by atoms with Crippen molar-refractivity contribution in [3.8, 4) is 29.1 Å². The number of hydrogen-bond donors (Lipinski definition) is 1. The van der Waals surface area contributed by atoms with Crippen molar-refractivity contribution in [2.24, 2.45) is 5.73 Å². The Kier molecular flexibility index (Phi) is 5.61. The normalized spacial score (nSPS) is 15.1. The summed E-state index contributed by atoms with van der Waals surface area (Å²) in [6.45, 7) is 4.30. The van der Waals surface area contributed by atoms with Crippen LogP contribution in [0, 0.1) is 18.3 Å². The average molecular weight is 481 g/mol. The molecular formula is C23H21BrN4O3. The molecule has 0 saturated carbocycles. The molecule has 0 saturated heterocycles. The van der Waals surface area contributed by atoms with Gasteiger partial charge in [-0.05, 0) is 59.6 Å². The van der Waals surface area contributed by atoms with Gasteiger partial charge in [0.25, 0.3) is 0 Å². The van der Waals surface area contributed by atoms with E-state index in [0.29, 0.717) is 29.6 Å². The number of nitrogens with two attached hydrogens (primary N) is 1. The first-order valence-corrected chi connectivity index (χ1v) is 10.5. The molecule has 7 nitrogen and oxygen atoms in total. The highest BCUT2D eigenvalue weighted by Crippen LogP contribution is 2.47. The molecule has 3 aromatic rings. The van der Waals surface area contributed by atoms with Gasteiger partial charge in [0.15, 0.2) is 11.5 Å². The van der Waals surface area contributed by atoms with Crippen LogP contribution in [-0.2, 0) is 0 Å². The molecule has 4 rings (SSSR count). The Hall–Kier alpha value is -3.44. The number of nitrogens with zero attached hydrogens (tertiary/aromatic N) is 3. The molecule has 8 heteroatoms. The van der Waals surface area contributed by atoms with Crippen LogP contribution in [-0.4, -0.2) is 23.5 Å². The maximum absolute atomic E-state index is 9.91. The Labute approximate surface area is 188 Å². The predicted octanol–water partition coefficient (Wildman–Crippen LogP) is 4.57. The van der Waals surface area contributed by atoms with E-state index in [-0.39, 0.29) is 5.88 Å². The first-order chi connectivity index (χ1) is 15.0. The van der Waals surface area contributed by atoms with E-state index < -0.39 is 5.92 Å². The minimum absolute atomic E-state index is 0.0565. The molecule has 158 valence electrons. The van der Waals surface area contributed by atoms with Crippen LogP contribution in [0.15, 0.2) is 58.4 Å². The van der Waals surface area contributed by atoms with Crippen LogP contribution in [0.25, 0.3) is 5.69 Å². The van der Waals surface area contributed by atoms with E-state index in [2.05, 4.69) is 27.1 Å². The van der Waals surface area contributed by atoms with Crippen LogP contribution in [0.4, 0.5) is 0 Å². The lowest BCUT2D eigenvalue weighted by atomic mass is 9.84. The largest absolute Gasteiger partial charge is 0.493 e. The number of fused-ring (bicyclic) bond motifs is 1. The van der Waals surface area contributed by atoms with E-state index in [1.165, 1.54) is 0 Å². The maximum Gasteiger partial charge on any atom is 0.229 e. The summed E-state index contributed by atoms with van der Waals surface area (Å²) >= 11 is 3.58. The summed E-state index contributed by atoms with van der Waals surface area (Å²) in [6, 6.07) is 15.6. The fourth-order valence-corrected chi connectivity index (χ4v) is 4.36. The van der Waals surface area contributed by atoms with Gasteiger partial charge in [0.2, 0.25) is 11.8 Å². The lowest BCUT2D eigenvalue weighted by Gasteiger charge is -2.26. The van der Waals surface area contributed by atoms with Crippen molar-refractivity contribution in [2.75, 3.05) is 13.7 Å². The second-order valence-electron chi connectivity index (χ2n) is 6.94. The second-order valence-corrected chi connectivity index (χ2v) is 7.80. The minimum atomic E-state index is -0.466. The Morgan fingerprint density at radius 1 is 1.29 bits per heavy atom. The average Bonchev–Trinajstić information content (AvgIpc) is 3.10. The number of halogens is 1. The molecule has 0 amide bonds. The lowest BCUT2D eigenvalue weighted by molar-refractivity contribution is 0.308. The summed E-state index contributed by atoms with van der Waals surface area (Å²) in [5, 5.41) is 14.6. The molecule has 1 aliphatic heterocycles. The van der Waals surface area contributed by atoms with Crippen molar-refractivity contribution < 1.29 is 14.2 Å². The lowest BCUT2D eigenvalue weighted by Crippen LogP contribution is -2.22. The van der Waals surface area contributed by atoms with Crippen molar-refractivity contribution in [3.05, 3.63) is 75.2 Å². The quantitative estimate of drug-likeness (QED) is 0.574. The molecule has 1 aromatic heterocycles. The van der Waals surface area contributed by atoms with Crippen LogP contribution in [0.2, 0.25) is 0 Å². The highest BCUT2D eigenvalue weighted by atomic mass is 79.9. The topological polar surface area (TPSA) is 95.3 Å². The minimum Gasteiger partial charge on any atom is -0.493 e. The third-order valence-corrected chi connectivity index (χ3v) is 5.70. The molecule has 31 heavy (non-hydrogen) atoms. The van der Waals surface area contributed by atoms with E-state index in [1.807, 2.05) is 56.3 Å². The molecule has 0 bridgehead atoms. The smallest absolute Gasteiger partial charge is 0.229 e. The first-order valence-electron chi connectivity index (χ1n) is 9.72. The monoisotopic (exact) mass is 480 g/mol. The Morgan fingerprint density at radius 3 is 2.68 bits per heavy atom. The number of benzene rings is 2. The summed E-state index contributed by atoms with van der Waals surface area (Å²) in [5.74, 6) is 1.25. The second kappa shape index (κ2) is 8.36. The van der Waals surface area contributed by atoms with Crippen LogP contribution in [0.5, 0.6) is 17.4 Å². The molecule has 2 heterocycles. The summed E-state index contributed by atoms with van der Waals surface area (Å²) in [4.78, 5) is 0. The highest BCUT2D eigenvalue weighted by molar-refractivity contribution is 9.10. The molecule has 2 aromatic carbocycles. The molecule has 1 aliphatic rings. The number of aromatic nitrogens is 2. The molecule has 0 fully saturated rings. The van der Waals surface area contributed by atoms with Gasteiger partial charge in [-0.15, -0.1) is 0 Å². The van der Waals surface area contributed by atoms with Gasteiger partial charge < -0.3 is 19.9 Å². The highest BCUT2D eigenvalue weighted by Gasteiger charge is 2.37. The van der Waals surface area contributed by atoms with E-state index in [9.17, 15) is 5.26 Å². The number of para-hydroxylation sites is 1. The van der Waals surface area contributed by atoms with E-state index >= 15 is 0 Å². The molecule has 0 spiro atoms. The van der Waals surface area contributed by atoms with Gasteiger partial charge in [-0.25, -0.2) is 4.68 Å². The summed E-state index contributed by atoms with van der Waals surface area (Å²) < 4.78 is 19.6. The first kappa shape index (κ1) is 20.8. The van der Waals surface area contributed by atoms with Crippen molar-refractivity contribution in [1.29, 1.82) is 5.26 Å². The standard InChI is InChI=1S/C23H21BrN4O3/c1-4-30-21-17(24)10-14(11-18(21)29-3)20-16(12-25)22(26)31-23-19(20)13(2)27-28(23)15-8-6-5-7-9-15/h5-11,20H,4,26H2,1-3H3. The number of ether oxygens (including phenoxy) is 3. The zero-order valence-corrected chi connectivity index (χ0v) is 18.9. The maximum atomic E-state index is 9.91. The number of allylic oxidation sites excluding steroid dienone is 1. The number of nitriles is 1. The van der Waals surface area contributed by atoms with Crippen molar-refractivity contribution in [3.63, 3.8) is 0 Å². The van der Waals surface area contributed by atoms with Gasteiger partial charge in [-0.3, -0.25) is 0 Å². The van der Waals surface area contributed by atoms with Crippen LogP contribution < -0.4 is 19.9 Å². The fraction of sp³-hybridized carbons (Fsp3) is 0.217. The summed E-state index contributed by atoms with van der Waals surface area (Å²) in [6.07, 6.45) is 0. The van der Waals surface area contributed by atoms with Crippen molar-refractivity contribution in [1.82, 2.24) is 9.78 Å². The third-order valence-electron chi connectivity index (χ3n) is 5.11. The van der Waals surface area contributed by atoms with Crippen LogP contribution >= 0.6 is 15.9 Å². The zero-order valence-electron chi connectivity index (χ0n) is 17.3. The van der Waals surface area contributed by atoms with Gasteiger partial charge in [0, 0.05) is 0 Å². The summed E-state index contributed by atoms with van der Waals surface area (Å²) in [5.41, 5.74) is 9.70. The molecular weight excluding hydrogens is 460 g/mol. The van der Waals surface area contributed by atoms with Crippen LogP contribution in [0.3, 0.4) is 0 Å². The van der Waals surface area contributed by atoms with Gasteiger partial charge in [-0.2, -0.15) is 10.4 Å². The predicted molar refractivity (Wildman–Crippen MR) is 119 cm³/mol. The van der Waals surface area contributed by atoms with Crippen molar-refractivity contribution in [2.45, 2.75) is 19.8 Å². The van der Waals surface area contributed by atoms with E-state index in [4.69, 9.17) is 19.9 Å². The Balaban J connectivity index is 1.95. The van der Waals surface area contributed by atoms with Gasteiger partial charge in [0.05, 0.1) is 41.1 Å². The molecule has 1 unspecified atom stereocenters. The van der Waals surface area contributed by atoms with Gasteiger partial charge >= 0.3 is 0 Å². The van der Waals surface area contributed by atoms with Crippen LogP contribution in [0.1, 0.15) is 29.7 Å². The zero-order chi connectivity index (χ0) is 22.1. The third kappa shape index (κ3) is 3.51. The Morgan fingerprint density at radius 2 is 2.03 bits per heavy atom. The molecule has 0 aliphatic carbocycles. The Bertz CT molecular complexity index is 1210. The number of hydrogen-bond acceptors (Lipinski definition) is 6. The SMILES string of the molecule is CCOc1c(Br)cc(C2C(C#N)=C(N)Oc3c2c(C)nn3-c2ccccc2)cc1OC. The molecule has 1 atom stereocenters. The molecule has 0 radical (unpaired) electrons. The molecule has 2 N–H and O–H groups in total. The number of methoxy groups -OCH3 is 1. The number of aryl methyl sites for hydroxylation is 1. The number of rotatable bonds is 5.